The molecule has 0 unspecified atom stereocenters. The highest BCUT2D eigenvalue weighted by Crippen LogP contribution is 2.36. The smallest absolute Gasteiger partial charge is 0.372 e. The summed E-state index contributed by atoms with van der Waals surface area (Å²) in [5.41, 5.74) is 0. The molecule has 0 aromatic carbocycles. The maximum Gasteiger partial charge on any atom is 0.372 e. The van der Waals surface area contributed by atoms with E-state index in [1.165, 1.54) is 6.92 Å². The van der Waals surface area contributed by atoms with Gasteiger partial charge < -0.3 is 9.29 Å². The molecular weight excluding hydrogens is 176 g/mol. The molecule has 0 rings (SSSR count). The number of aliphatic carboxylic acids is 1. The molecule has 0 saturated heterocycles. The molecule has 66 valence electrons. The first-order chi connectivity index (χ1) is 4.87. The van der Waals surface area contributed by atoms with Crippen molar-refractivity contribution in [3.8, 4) is 0 Å². The van der Waals surface area contributed by atoms with Crippen LogP contribution in [0.3, 0.4) is 0 Å². The predicted molar refractivity (Wildman–Crippen MR) is 38.0 cm³/mol. The fourth-order valence-electron chi connectivity index (χ4n) is 0.328. The largest absolute Gasteiger partial charge is 0.475 e. The molecule has 0 aromatic heterocycles. The van der Waals surface area contributed by atoms with E-state index in [4.69, 9.17) is 18.8 Å². The standard InChI is InChI=1S/C4H8O6S/c1-2-3(4(5)6)10-11(7,8)9/h2,7-9H,1H3,(H,5,6). The van der Waals surface area contributed by atoms with Gasteiger partial charge in [0.15, 0.2) is 0 Å². The van der Waals surface area contributed by atoms with Crippen LogP contribution in [0.2, 0.25) is 0 Å². The number of carbonyl (C=O) groups is 1. The Balaban J connectivity index is 4.24. The van der Waals surface area contributed by atoms with Gasteiger partial charge in [0.05, 0.1) is 0 Å². The number of carboxylic acid groups (broad SMARTS) is 1. The minimum atomic E-state index is -4.23. The van der Waals surface area contributed by atoms with E-state index < -0.39 is 22.9 Å². The second kappa shape index (κ2) is 3.58. The molecule has 0 spiro atoms. The lowest BCUT2D eigenvalue weighted by molar-refractivity contribution is -0.135. The fourth-order valence-corrected chi connectivity index (χ4v) is 0.736. The van der Waals surface area contributed by atoms with E-state index in [0.29, 0.717) is 0 Å². The van der Waals surface area contributed by atoms with Gasteiger partial charge in [0, 0.05) is 0 Å². The summed E-state index contributed by atoms with van der Waals surface area (Å²) in [6, 6.07) is 0. The summed E-state index contributed by atoms with van der Waals surface area (Å²) < 4.78 is 28.6. The van der Waals surface area contributed by atoms with Crippen molar-refractivity contribution in [2.75, 3.05) is 0 Å². The van der Waals surface area contributed by atoms with Crippen LogP contribution in [0, 0.1) is 0 Å². The van der Waals surface area contributed by atoms with Gasteiger partial charge >= 0.3 is 5.97 Å². The Bertz CT molecular complexity index is 180. The maximum atomic E-state index is 10.1. The van der Waals surface area contributed by atoms with Gasteiger partial charge in [-0.2, -0.15) is 0 Å². The Kier molecular flexibility index (Phi) is 3.33. The monoisotopic (exact) mass is 184 g/mol. The minimum Gasteiger partial charge on any atom is -0.475 e. The number of hydrogen-bond donors (Lipinski definition) is 4. The van der Waals surface area contributed by atoms with Crippen LogP contribution in [0.25, 0.3) is 0 Å². The van der Waals surface area contributed by atoms with Gasteiger partial charge in [-0.1, -0.05) is 0 Å². The summed E-state index contributed by atoms with van der Waals surface area (Å²) in [5.74, 6) is -2.20. The number of hydrogen-bond acceptors (Lipinski definition) is 5. The number of allylic oxidation sites excluding steroid dienone is 1. The van der Waals surface area contributed by atoms with E-state index in [1.807, 2.05) is 0 Å². The van der Waals surface area contributed by atoms with Crippen molar-refractivity contribution < 1.29 is 27.7 Å². The highest BCUT2D eigenvalue weighted by Gasteiger charge is 2.19. The molecule has 0 radical (unpaired) electrons. The quantitative estimate of drug-likeness (QED) is 0.387. The van der Waals surface area contributed by atoms with Crippen LogP contribution in [0.5, 0.6) is 0 Å². The molecule has 4 N–H and O–H groups in total. The lowest BCUT2D eigenvalue weighted by Gasteiger charge is -2.18. The van der Waals surface area contributed by atoms with Gasteiger partial charge in [0.25, 0.3) is 11.2 Å². The summed E-state index contributed by atoms with van der Waals surface area (Å²) in [4.78, 5) is 10.1. The molecule has 0 aliphatic rings. The molecule has 7 heteroatoms. The summed E-state index contributed by atoms with van der Waals surface area (Å²) in [5, 5.41) is 8.22. The Morgan fingerprint density at radius 2 is 1.91 bits per heavy atom. The summed E-state index contributed by atoms with van der Waals surface area (Å²) >= 11 is -4.23. The van der Waals surface area contributed by atoms with Crippen molar-refractivity contribution in [2.45, 2.75) is 6.92 Å². The van der Waals surface area contributed by atoms with E-state index in [1.54, 1.807) is 0 Å². The van der Waals surface area contributed by atoms with Gasteiger partial charge in [0.1, 0.15) is 0 Å². The second-order valence-electron chi connectivity index (χ2n) is 1.51. The molecule has 11 heavy (non-hydrogen) atoms. The van der Waals surface area contributed by atoms with Crippen LogP contribution in [0.15, 0.2) is 11.8 Å². The minimum absolute atomic E-state index is 0.715. The third-order valence-electron chi connectivity index (χ3n) is 0.675. The molecule has 0 aromatic rings. The number of rotatable bonds is 3. The highest BCUT2D eigenvalue weighted by atomic mass is 32.3. The summed E-state index contributed by atoms with van der Waals surface area (Å²) in [6.07, 6.45) is 0.979. The Morgan fingerprint density at radius 1 is 1.45 bits per heavy atom. The molecule has 0 amide bonds. The van der Waals surface area contributed by atoms with Crippen LogP contribution in [-0.4, -0.2) is 24.7 Å². The average molecular weight is 184 g/mol. The molecule has 0 aliphatic carbocycles. The van der Waals surface area contributed by atoms with Gasteiger partial charge in [-0.15, -0.1) is 0 Å². The van der Waals surface area contributed by atoms with Gasteiger partial charge in [0.2, 0.25) is 5.76 Å². The molecular formula is C4H8O6S. The van der Waals surface area contributed by atoms with E-state index in [9.17, 15) is 4.79 Å². The van der Waals surface area contributed by atoms with E-state index in [0.717, 1.165) is 6.08 Å². The van der Waals surface area contributed by atoms with Crippen LogP contribution in [0.1, 0.15) is 6.92 Å². The predicted octanol–water partition coefficient (Wildman–Crippen LogP) is 1.13. The van der Waals surface area contributed by atoms with Gasteiger partial charge in [-0.3, -0.25) is 13.7 Å². The van der Waals surface area contributed by atoms with Crippen molar-refractivity contribution in [3.63, 3.8) is 0 Å². The third-order valence-corrected chi connectivity index (χ3v) is 1.08. The zero-order chi connectivity index (χ0) is 9.07. The van der Waals surface area contributed by atoms with Crippen molar-refractivity contribution in [3.05, 3.63) is 11.8 Å². The molecule has 0 saturated carbocycles. The van der Waals surface area contributed by atoms with Crippen molar-refractivity contribution in [1.29, 1.82) is 0 Å². The zero-order valence-electron chi connectivity index (χ0n) is 5.59. The van der Waals surface area contributed by atoms with E-state index >= 15 is 0 Å². The Hall–Kier alpha value is -0.760. The van der Waals surface area contributed by atoms with Crippen LogP contribution in [0.4, 0.5) is 0 Å². The molecule has 6 nitrogen and oxygen atoms in total. The zero-order valence-corrected chi connectivity index (χ0v) is 6.41. The van der Waals surface area contributed by atoms with Crippen LogP contribution >= 0.6 is 11.2 Å². The maximum absolute atomic E-state index is 10.1. The first-order valence-corrected chi connectivity index (χ1v) is 3.89. The van der Waals surface area contributed by atoms with E-state index in [-0.39, 0.29) is 0 Å². The topological polar surface area (TPSA) is 107 Å². The highest BCUT2D eigenvalue weighted by molar-refractivity contribution is 8.15. The van der Waals surface area contributed by atoms with Crippen molar-refractivity contribution >= 4 is 17.1 Å². The van der Waals surface area contributed by atoms with Crippen molar-refractivity contribution in [2.24, 2.45) is 0 Å². The van der Waals surface area contributed by atoms with Crippen LogP contribution < -0.4 is 0 Å². The molecule has 0 atom stereocenters. The summed E-state index contributed by atoms with van der Waals surface area (Å²) in [7, 11) is 0. The summed E-state index contributed by atoms with van der Waals surface area (Å²) in [6.45, 7) is 1.31. The van der Waals surface area contributed by atoms with Crippen LogP contribution in [-0.2, 0) is 8.98 Å². The molecule has 0 bridgehead atoms. The second-order valence-corrected chi connectivity index (χ2v) is 2.61. The normalized spacial score (nSPS) is 14.4. The van der Waals surface area contributed by atoms with Gasteiger partial charge in [-0.05, 0) is 13.0 Å². The Labute approximate surface area is 64.5 Å². The fraction of sp³-hybridized carbons (Fsp3) is 0.250. The molecule has 0 fully saturated rings. The first kappa shape index (κ1) is 10.2. The van der Waals surface area contributed by atoms with Gasteiger partial charge in [-0.25, -0.2) is 4.79 Å². The molecule has 0 aliphatic heterocycles. The van der Waals surface area contributed by atoms with Crippen molar-refractivity contribution in [1.82, 2.24) is 0 Å². The SMILES string of the molecule is CC=C(OS(O)(O)O)C(=O)O. The Morgan fingerprint density at radius 3 is 2.00 bits per heavy atom. The lowest BCUT2D eigenvalue weighted by Crippen LogP contribution is -2.08. The lowest BCUT2D eigenvalue weighted by atomic mass is 10.5. The van der Waals surface area contributed by atoms with E-state index in [2.05, 4.69) is 4.18 Å². The average Bonchev–Trinajstić information content (AvgIpc) is 1.80. The first-order valence-electron chi connectivity index (χ1n) is 2.46. The molecule has 0 heterocycles. The third kappa shape index (κ3) is 4.62. The number of carboxylic acids is 1.